The number of furan rings is 1. The number of aromatic amines is 1. The third-order valence-electron chi connectivity index (χ3n) is 7.28. The van der Waals surface area contributed by atoms with Gasteiger partial charge in [-0.3, -0.25) is 9.59 Å². The highest BCUT2D eigenvalue weighted by atomic mass is 16.3. The van der Waals surface area contributed by atoms with Gasteiger partial charge in [-0.15, -0.1) is 0 Å². The van der Waals surface area contributed by atoms with Crippen LogP contribution in [0.1, 0.15) is 59.7 Å². The Morgan fingerprint density at radius 3 is 2.32 bits per heavy atom. The van der Waals surface area contributed by atoms with Crippen molar-refractivity contribution in [2.75, 3.05) is 0 Å². The number of aromatic nitrogens is 1. The van der Waals surface area contributed by atoms with E-state index >= 15 is 0 Å². The van der Waals surface area contributed by atoms with Crippen molar-refractivity contribution in [1.29, 1.82) is 0 Å². The molecule has 0 bridgehead atoms. The second-order valence-corrected chi connectivity index (χ2v) is 10.1. The molecule has 2 N–H and O–H groups in total. The largest absolute Gasteiger partial charge is 0.466 e. The second kappa shape index (κ2) is 12.0. The van der Waals surface area contributed by atoms with Gasteiger partial charge in [0.25, 0.3) is 5.91 Å². The van der Waals surface area contributed by atoms with Crippen LogP contribution in [-0.2, 0) is 17.8 Å². The van der Waals surface area contributed by atoms with E-state index in [1.54, 1.807) is 11.0 Å². The molecule has 0 radical (unpaired) electrons. The van der Waals surface area contributed by atoms with Crippen LogP contribution in [0.2, 0.25) is 0 Å². The lowest BCUT2D eigenvalue weighted by atomic mass is 9.95. The molecule has 1 saturated carbocycles. The van der Waals surface area contributed by atoms with E-state index in [0.717, 1.165) is 48.3 Å². The van der Waals surface area contributed by atoms with Gasteiger partial charge in [0.1, 0.15) is 23.3 Å². The normalized spacial score (nSPS) is 14.7. The smallest absolute Gasteiger partial charge is 0.271 e. The molecule has 1 atom stereocenters. The van der Waals surface area contributed by atoms with Crippen LogP contribution in [0.5, 0.6) is 0 Å². The van der Waals surface area contributed by atoms with E-state index in [2.05, 4.69) is 10.3 Å². The second-order valence-electron chi connectivity index (χ2n) is 10.1. The lowest BCUT2D eigenvalue weighted by Gasteiger charge is -2.32. The summed E-state index contributed by atoms with van der Waals surface area (Å²) >= 11 is 0. The molecule has 2 amide bonds. The maximum atomic E-state index is 14.1. The Morgan fingerprint density at radius 1 is 0.921 bits per heavy atom. The van der Waals surface area contributed by atoms with Crippen molar-refractivity contribution >= 4 is 11.8 Å². The third-order valence-corrected chi connectivity index (χ3v) is 7.28. The van der Waals surface area contributed by atoms with Crippen molar-refractivity contribution in [3.63, 3.8) is 0 Å². The molecule has 1 aliphatic carbocycles. The quantitative estimate of drug-likeness (QED) is 0.278. The summed E-state index contributed by atoms with van der Waals surface area (Å²) in [6.45, 7) is 2.19. The summed E-state index contributed by atoms with van der Waals surface area (Å²) in [6, 6.07) is 26.6. The minimum atomic E-state index is -0.723. The predicted octanol–water partition coefficient (Wildman–Crippen LogP) is 6.29. The number of benzene rings is 2. The Hall–Kier alpha value is -4.06. The zero-order valence-electron chi connectivity index (χ0n) is 21.9. The number of aryl methyl sites for hydroxylation is 1. The summed E-state index contributed by atoms with van der Waals surface area (Å²) in [7, 11) is 0. The topological polar surface area (TPSA) is 78.3 Å². The molecule has 2 heterocycles. The Labute approximate surface area is 224 Å². The average Bonchev–Trinajstić information content (AvgIpc) is 3.61. The van der Waals surface area contributed by atoms with Crippen molar-refractivity contribution in [2.24, 2.45) is 0 Å². The minimum Gasteiger partial charge on any atom is -0.466 e. The van der Waals surface area contributed by atoms with Crippen LogP contribution < -0.4 is 5.32 Å². The Morgan fingerprint density at radius 2 is 1.63 bits per heavy atom. The van der Waals surface area contributed by atoms with Crippen LogP contribution in [-0.4, -0.2) is 33.8 Å². The number of carbonyl (C=O) groups excluding carboxylic acids is 2. The van der Waals surface area contributed by atoms with E-state index in [1.165, 1.54) is 6.42 Å². The summed E-state index contributed by atoms with van der Waals surface area (Å²) in [6.07, 6.45) is 5.69. The molecular formula is C32H35N3O3. The van der Waals surface area contributed by atoms with Gasteiger partial charge in [-0.2, -0.15) is 0 Å². The molecule has 38 heavy (non-hydrogen) atoms. The van der Waals surface area contributed by atoms with Crippen molar-refractivity contribution in [1.82, 2.24) is 15.2 Å². The molecule has 1 fully saturated rings. The molecule has 6 heteroatoms. The highest BCUT2D eigenvalue weighted by Crippen LogP contribution is 2.23. The van der Waals surface area contributed by atoms with Gasteiger partial charge in [0.2, 0.25) is 5.91 Å². The molecule has 0 spiro atoms. The van der Waals surface area contributed by atoms with Gasteiger partial charge in [0.05, 0.1) is 0 Å². The van der Waals surface area contributed by atoms with Gasteiger partial charge >= 0.3 is 0 Å². The maximum Gasteiger partial charge on any atom is 0.271 e. The Bertz CT molecular complexity index is 1340. The fourth-order valence-electron chi connectivity index (χ4n) is 5.24. The van der Waals surface area contributed by atoms with Crippen LogP contribution in [0.4, 0.5) is 0 Å². The van der Waals surface area contributed by atoms with E-state index in [0.29, 0.717) is 24.4 Å². The summed E-state index contributed by atoms with van der Waals surface area (Å²) in [5.74, 6) is 1.12. The Balaban J connectivity index is 1.48. The first-order valence-corrected chi connectivity index (χ1v) is 13.5. The number of hydrogen-bond acceptors (Lipinski definition) is 3. The molecule has 0 aliphatic heterocycles. The number of H-pyrrole nitrogens is 1. The zero-order chi connectivity index (χ0) is 26.3. The molecule has 1 unspecified atom stereocenters. The molecule has 196 valence electrons. The summed E-state index contributed by atoms with van der Waals surface area (Å²) in [4.78, 5) is 33.0. The van der Waals surface area contributed by atoms with E-state index in [9.17, 15) is 9.59 Å². The fourth-order valence-corrected chi connectivity index (χ4v) is 5.24. The van der Waals surface area contributed by atoms with Gasteiger partial charge in [-0.05, 0) is 55.2 Å². The fraction of sp³-hybridized carbons (Fsp3) is 0.312. The van der Waals surface area contributed by atoms with Crippen molar-refractivity contribution in [3.05, 3.63) is 108 Å². The number of rotatable bonds is 9. The zero-order valence-corrected chi connectivity index (χ0v) is 21.9. The minimum absolute atomic E-state index is 0.134. The molecule has 2 aromatic heterocycles. The molecule has 0 saturated heterocycles. The van der Waals surface area contributed by atoms with E-state index in [1.807, 2.05) is 85.8 Å². The van der Waals surface area contributed by atoms with Crippen molar-refractivity contribution in [2.45, 2.75) is 64.1 Å². The third kappa shape index (κ3) is 6.25. The highest BCUT2D eigenvalue weighted by molar-refractivity contribution is 5.97. The van der Waals surface area contributed by atoms with Gasteiger partial charge in [0, 0.05) is 24.7 Å². The van der Waals surface area contributed by atoms with Crippen LogP contribution in [0.3, 0.4) is 0 Å². The van der Waals surface area contributed by atoms with Gasteiger partial charge in [-0.1, -0.05) is 79.9 Å². The monoisotopic (exact) mass is 509 g/mol. The molecule has 2 aromatic carbocycles. The van der Waals surface area contributed by atoms with E-state index in [4.69, 9.17) is 4.42 Å². The number of amides is 2. The van der Waals surface area contributed by atoms with Gasteiger partial charge in [-0.25, -0.2) is 0 Å². The Kier molecular flexibility index (Phi) is 8.07. The number of carbonyl (C=O) groups is 2. The molecule has 5 rings (SSSR count). The first-order valence-electron chi connectivity index (χ1n) is 13.5. The number of nitrogens with zero attached hydrogens (tertiary/aromatic N) is 1. The first kappa shape index (κ1) is 25.6. The number of nitrogens with one attached hydrogen (secondary N) is 2. The molecule has 6 nitrogen and oxygen atoms in total. The molecule has 1 aliphatic rings. The lowest BCUT2D eigenvalue weighted by Crippen LogP contribution is -2.52. The van der Waals surface area contributed by atoms with Crippen LogP contribution >= 0.6 is 0 Å². The van der Waals surface area contributed by atoms with E-state index < -0.39 is 6.04 Å². The molecule has 4 aromatic rings. The van der Waals surface area contributed by atoms with Crippen LogP contribution in [0.25, 0.3) is 11.3 Å². The molecular weight excluding hydrogens is 474 g/mol. The summed E-state index contributed by atoms with van der Waals surface area (Å²) in [5, 5.41) is 3.26. The maximum absolute atomic E-state index is 14.1. The van der Waals surface area contributed by atoms with Crippen molar-refractivity contribution in [3.8, 4) is 11.3 Å². The highest BCUT2D eigenvalue weighted by Gasteiger charge is 2.33. The lowest BCUT2D eigenvalue weighted by molar-refractivity contribution is -0.127. The predicted molar refractivity (Wildman–Crippen MR) is 148 cm³/mol. The SMILES string of the molecule is Cc1ccc(CC(C(=O)NC2CCCCC2)N(Cc2ccccc2)C(=O)c2ccc(-c3ccccc3)[nH]2)o1. The first-order chi connectivity index (χ1) is 18.6. The van der Waals surface area contributed by atoms with Crippen molar-refractivity contribution < 1.29 is 14.0 Å². The van der Waals surface area contributed by atoms with Crippen LogP contribution in [0, 0.1) is 6.92 Å². The van der Waals surface area contributed by atoms with Gasteiger partial charge in [0.15, 0.2) is 0 Å². The standard InChI is InChI=1S/C32H35N3O3/c1-23-17-18-27(38-23)21-30(31(36)33-26-15-9-4-10-16-26)35(22-24-11-5-2-6-12-24)32(37)29-20-19-28(34-29)25-13-7-3-8-14-25/h2-3,5-8,11-14,17-20,26,30,34H,4,9-10,15-16,21-22H2,1H3,(H,33,36). The van der Waals surface area contributed by atoms with Crippen LogP contribution in [0.15, 0.2) is 89.3 Å². The summed E-state index contributed by atoms with van der Waals surface area (Å²) in [5.41, 5.74) is 3.27. The van der Waals surface area contributed by atoms with Gasteiger partial charge < -0.3 is 19.6 Å². The van der Waals surface area contributed by atoms with E-state index in [-0.39, 0.29) is 17.9 Å². The summed E-state index contributed by atoms with van der Waals surface area (Å²) < 4.78 is 5.88. The number of hydrogen-bond donors (Lipinski definition) is 2. The average molecular weight is 510 g/mol.